The molecule has 0 aliphatic carbocycles. The highest BCUT2D eigenvalue weighted by Gasteiger charge is 2.21. The van der Waals surface area contributed by atoms with Crippen LogP contribution in [0.4, 0.5) is 0 Å². The number of hydrogen-bond acceptors (Lipinski definition) is 6. The van der Waals surface area contributed by atoms with Crippen LogP contribution in [0.15, 0.2) is 0 Å². The lowest BCUT2D eigenvalue weighted by atomic mass is 10.2. The van der Waals surface area contributed by atoms with E-state index in [-0.39, 0.29) is 0 Å². The Hall–Kier alpha value is -0.175. The third kappa shape index (κ3) is 8.85. The Labute approximate surface area is 110 Å². The van der Waals surface area contributed by atoms with Gasteiger partial charge in [-0.3, -0.25) is 0 Å². The topological polar surface area (TPSA) is 49.4 Å². The van der Waals surface area contributed by atoms with Crippen LogP contribution in [0.1, 0.15) is 6.42 Å². The van der Waals surface area contributed by atoms with Crippen LogP contribution < -0.4 is 0 Å². The van der Waals surface area contributed by atoms with Crippen molar-refractivity contribution >= 4 is 7.32 Å². The number of hydrogen-bond donors (Lipinski definition) is 0. The van der Waals surface area contributed by atoms with Gasteiger partial charge in [-0.2, -0.15) is 0 Å². The average molecular weight is 261 g/mol. The maximum absolute atomic E-state index is 5.52. The molecule has 6 nitrogen and oxygen atoms in total. The molecular formula is C11H24BNO5. The van der Waals surface area contributed by atoms with Crippen molar-refractivity contribution in [2.45, 2.75) is 6.42 Å². The second-order valence-corrected chi connectivity index (χ2v) is 4.28. The van der Waals surface area contributed by atoms with Crippen molar-refractivity contribution in [3.8, 4) is 0 Å². The van der Waals surface area contributed by atoms with Gasteiger partial charge in [-0.05, 0) is 27.1 Å². The fourth-order valence-corrected chi connectivity index (χ4v) is 1.43. The molecule has 1 saturated heterocycles. The Morgan fingerprint density at radius 3 is 2.06 bits per heavy atom. The van der Waals surface area contributed by atoms with Crippen molar-refractivity contribution in [2.75, 3.05) is 66.9 Å². The fourth-order valence-electron chi connectivity index (χ4n) is 1.43. The first-order chi connectivity index (χ1) is 8.79. The van der Waals surface area contributed by atoms with Gasteiger partial charge in [-0.1, -0.05) is 0 Å². The third-order valence-corrected chi connectivity index (χ3v) is 2.34. The van der Waals surface area contributed by atoms with Gasteiger partial charge in [0.2, 0.25) is 0 Å². The minimum absolute atomic E-state index is 0.471. The zero-order valence-electron chi connectivity index (χ0n) is 11.4. The van der Waals surface area contributed by atoms with E-state index >= 15 is 0 Å². The van der Waals surface area contributed by atoms with Crippen molar-refractivity contribution in [3.63, 3.8) is 0 Å². The normalized spacial score (nSPS) is 19.8. The summed E-state index contributed by atoms with van der Waals surface area (Å²) in [7, 11) is 3.46. The molecule has 0 atom stereocenters. The molecule has 0 radical (unpaired) electrons. The van der Waals surface area contributed by atoms with Crippen molar-refractivity contribution in [1.82, 2.24) is 4.90 Å². The predicted molar refractivity (Wildman–Crippen MR) is 68.4 cm³/mol. The van der Waals surface area contributed by atoms with Crippen molar-refractivity contribution in [2.24, 2.45) is 0 Å². The van der Waals surface area contributed by atoms with Crippen LogP contribution in [-0.4, -0.2) is 79.1 Å². The minimum atomic E-state index is -0.613. The monoisotopic (exact) mass is 261 g/mol. The fraction of sp³-hybridized carbons (Fsp3) is 1.00. The molecular weight excluding hydrogens is 237 g/mol. The summed E-state index contributed by atoms with van der Waals surface area (Å²) >= 11 is 0. The molecule has 0 N–H and O–H groups in total. The minimum Gasteiger partial charge on any atom is -0.386 e. The van der Waals surface area contributed by atoms with Crippen LogP contribution in [0, 0.1) is 0 Å². The molecule has 0 aromatic carbocycles. The van der Waals surface area contributed by atoms with Crippen LogP contribution in [0.5, 0.6) is 0 Å². The molecule has 7 heteroatoms. The van der Waals surface area contributed by atoms with Gasteiger partial charge in [0.1, 0.15) is 0 Å². The summed E-state index contributed by atoms with van der Waals surface area (Å²) < 4.78 is 27.0. The molecule has 0 saturated carbocycles. The van der Waals surface area contributed by atoms with Gasteiger partial charge >= 0.3 is 7.32 Å². The van der Waals surface area contributed by atoms with E-state index < -0.39 is 7.32 Å². The lowest BCUT2D eigenvalue weighted by Crippen LogP contribution is -2.31. The quantitative estimate of drug-likeness (QED) is 0.513. The maximum Gasteiger partial charge on any atom is 0.639 e. The molecule has 0 amide bonds. The lowest BCUT2D eigenvalue weighted by molar-refractivity contribution is 0.0375. The van der Waals surface area contributed by atoms with Gasteiger partial charge in [0, 0.05) is 6.61 Å². The van der Waals surface area contributed by atoms with E-state index in [2.05, 4.69) is 4.90 Å². The molecule has 106 valence electrons. The SMILES string of the molecule is CN(C)CCCOB1OCCOCCOCCO1. The number of nitrogens with zero attached hydrogens (tertiary/aromatic N) is 1. The van der Waals surface area contributed by atoms with Gasteiger partial charge in [0.25, 0.3) is 0 Å². The second kappa shape index (κ2) is 10.7. The molecule has 0 unspecified atom stereocenters. The van der Waals surface area contributed by atoms with Crippen molar-refractivity contribution in [3.05, 3.63) is 0 Å². The molecule has 1 aliphatic rings. The molecule has 0 aromatic rings. The van der Waals surface area contributed by atoms with E-state index in [1.54, 1.807) is 0 Å². The summed E-state index contributed by atoms with van der Waals surface area (Å²) in [4.78, 5) is 2.12. The Morgan fingerprint density at radius 2 is 1.50 bits per heavy atom. The van der Waals surface area contributed by atoms with Crippen molar-refractivity contribution < 1.29 is 23.4 Å². The van der Waals surface area contributed by atoms with Gasteiger partial charge in [0.05, 0.1) is 39.6 Å². The zero-order chi connectivity index (χ0) is 13.1. The first-order valence-electron chi connectivity index (χ1n) is 6.44. The molecule has 1 rings (SSSR count). The highest BCUT2D eigenvalue weighted by molar-refractivity contribution is 6.36. The smallest absolute Gasteiger partial charge is 0.386 e. The molecule has 1 aliphatic heterocycles. The van der Waals surface area contributed by atoms with Crippen LogP contribution in [-0.2, 0) is 23.4 Å². The number of ether oxygens (including phenoxy) is 2. The highest BCUT2D eigenvalue weighted by atomic mass is 16.7. The summed E-state index contributed by atoms with van der Waals surface area (Å²) in [5.41, 5.74) is 0. The van der Waals surface area contributed by atoms with Crippen LogP contribution in [0.25, 0.3) is 0 Å². The number of rotatable bonds is 5. The maximum atomic E-state index is 5.52. The molecule has 1 fully saturated rings. The highest BCUT2D eigenvalue weighted by Crippen LogP contribution is 1.97. The molecule has 18 heavy (non-hydrogen) atoms. The Bertz CT molecular complexity index is 184. The van der Waals surface area contributed by atoms with Crippen LogP contribution in [0.2, 0.25) is 0 Å². The van der Waals surface area contributed by atoms with Gasteiger partial charge in [0.15, 0.2) is 0 Å². The standard InChI is InChI=1S/C11H24BNO5/c1-13(2)4-3-5-16-12-17-10-8-14-6-7-15-9-11-18-12/h3-11H2,1-2H3. The van der Waals surface area contributed by atoms with E-state index in [1.165, 1.54) is 0 Å². The van der Waals surface area contributed by atoms with Crippen LogP contribution >= 0.6 is 0 Å². The summed E-state index contributed by atoms with van der Waals surface area (Å²) in [6.07, 6.45) is 0.948. The average Bonchev–Trinajstić information content (AvgIpc) is 2.40. The second-order valence-electron chi connectivity index (χ2n) is 4.28. The molecule has 0 spiro atoms. The summed E-state index contributed by atoms with van der Waals surface area (Å²) in [5.74, 6) is 0. The lowest BCUT2D eigenvalue weighted by Gasteiger charge is -2.15. The van der Waals surface area contributed by atoms with Crippen molar-refractivity contribution in [1.29, 1.82) is 0 Å². The first-order valence-corrected chi connectivity index (χ1v) is 6.44. The zero-order valence-corrected chi connectivity index (χ0v) is 11.4. The van der Waals surface area contributed by atoms with Gasteiger partial charge in [-0.15, -0.1) is 0 Å². The summed E-state index contributed by atoms with van der Waals surface area (Å²) in [5, 5.41) is 0. The summed E-state index contributed by atoms with van der Waals surface area (Å²) in [6.45, 7) is 4.80. The predicted octanol–water partition coefficient (Wildman–Crippen LogP) is 0.0196. The summed E-state index contributed by atoms with van der Waals surface area (Å²) in [6, 6.07) is 0. The van der Waals surface area contributed by atoms with Gasteiger partial charge < -0.3 is 28.3 Å². The van der Waals surface area contributed by atoms with E-state index in [0.717, 1.165) is 13.0 Å². The first kappa shape index (κ1) is 15.9. The Balaban J connectivity index is 2.13. The van der Waals surface area contributed by atoms with E-state index in [9.17, 15) is 0 Å². The largest absolute Gasteiger partial charge is 0.639 e. The molecule has 0 aromatic heterocycles. The molecule has 0 bridgehead atoms. The molecule has 1 heterocycles. The third-order valence-electron chi connectivity index (χ3n) is 2.34. The van der Waals surface area contributed by atoms with Gasteiger partial charge in [-0.25, -0.2) is 0 Å². The Kier molecular flexibility index (Phi) is 9.46. The van der Waals surface area contributed by atoms with Crippen LogP contribution in [0.3, 0.4) is 0 Å². The van der Waals surface area contributed by atoms with E-state index in [0.29, 0.717) is 46.2 Å². The Morgan fingerprint density at radius 1 is 0.944 bits per heavy atom. The van der Waals surface area contributed by atoms with E-state index in [1.807, 2.05) is 14.1 Å². The van der Waals surface area contributed by atoms with E-state index in [4.69, 9.17) is 23.4 Å².